The highest BCUT2D eigenvalue weighted by molar-refractivity contribution is 5.90. The average Bonchev–Trinajstić information content (AvgIpc) is 2.67. The summed E-state index contributed by atoms with van der Waals surface area (Å²) in [5.41, 5.74) is 0.272. The normalized spacial score (nSPS) is 38.4. The standard InChI is InChI=1S/C25H40O6/c1-15(14-25(6)24(28)18(4)23(29-7)19(5)31-25)9-8-10-16(2)22-17(3)11-12-20(30-22)13-21(26)27/h8-10,15,17-20,22-23H,11-14H2,1-7H3,(H,26,27)/b9-8+,16-10+/t15?,17-,18?,19?,20+,22+,23?,25?/m0/s1. The molecule has 0 spiro atoms. The van der Waals surface area contributed by atoms with E-state index in [1.54, 1.807) is 7.11 Å². The number of aliphatic carboxylic acids is 1. The molecule has 6 heteroatoms. The Morgan fingerprint density at radius 1 is 1.32 bits per heavy atom. The van der Waals surface area contributed by atoms with Crippen LogP contribution in [0.15, 0.2) is 23.8 Å². The molecule has 0 aromatic rings. The van der Waals surface area contributed by atoms with Gasteiger partial charge in [-0.2, -0.15) is 0 Å². The Morgan fingerprint density at radius 3 is 2.61 bits per heavy atom. The van der Waals surface area contributed by atoms with Crippen LogP contribution < -0.4 is 0 Å². The van der Waals surface area contributed by atoms with E-state index in [4.69, 9.17) is 19.3 Å². The molecule has 2 saturated heterocycles. The van der Waals surface area contributed by atoms with Crippen LogP contribution in [0.1, 0.15) is 67.2 Å². The number of carbonyl (C=O) groups excluding carboxylic acids is 1. The number of hydrogen-bond acceptors (Lipinski definition) is 5. The monoisotopic (exact) mass is 436 g/mol. The Morgan fingerprint density at radius 2 is 2.00 bits per heavy atom. The van der Waals surface area contributed by atoms with Crippen molar-refractivity contribution < 1.29 is 28.9 Å². The fourth-order valence-corrected chi connectivity index (χ4v) is 5.20. The second-order valence-electron chi connectivity index (χ2n) is 9.72. The molecule has 0 bridgehead atoms. The highest BCUT2D eigenvalue weighted by Crippen LogP contribution is 2.36. The molecule has 5 unspecified atom stereocenters. The molecule has 2 fully saturated rings. The van der Waals surface area contributed by atoms with Crippen LogP contribution >= 0.6 is 0 Å². The lowest BCUT2D eigenvalue weighted by Crippen LogP contribution is -2.57. The van der Waals surface area contributed by atoms with Gasteiger partial charge in [-0.05, 0) is 57.4 Å². The van der Waals surface area contributed by atoms with Crippen LogP contribution in [0.25, 0.3) is 0 Å². The third kappa shape index (κ3) is 6.50. The van der Waals surface area contributed by atoms with Gasteiger partial charge in [-0.1, -0.05) is 39.0 Å². The average molecular weight is 437 g/mol. The van der Waals surface area contributed by atoms with Crippen LogP contribution in [-0.4, -0.2) is 54.0 Å². The lowest BCUT2D eigenvalue weighted by molar-refractivity contribution is -0.196. The van der Waals surface area contributed by atoms with Gasteiger partial charge in [-0.25, -0.2) is 0 Å². The van der Waals surface area contributed by atoms with Crippen LogP contribution in [0.2, 0.25) is 0 Å². The Hall–Kier alpha value is -1.50. The summed E-state index contributed by atoms with van der Waals surface area (Å²) >= 11 is 0. The van der Waals surface area contributed by atoms with E-state index in [9.17, 15) is 9.59 Å². The molecule has 0 radical (unpaired) electrons. The van der Waals surface area contributed by atoms with Crippen molar-refractivity contribution >= 4 is 11.8 Å². The van der Waals surface area contributed by atoms with E-state index in [1.807, 2.05) is 39.8 Å². The molecular formula is C25H40O6. The van der Waals surface area contributed by atoms with Gasteiger partial charge in [0.15, 0.2) is 5.78 Å². The Bertz CT molecular complexity index is 698. The second-order valence-corrected chi connectivity index (χ2v) is 9.72. The summed E-state index contributed by atoms with van der Waals surface area (Å²) in [6.45, 7) is 12.0. The summed E-state index contributed by atoms with van der Waals surface area (Å²) in [5.74, 6) is -0.405. The highest BCUT2D eigenvalue weighted by atomic mass is 16.6. The minimum Gasteiger partial charge on any atom is -0.481 e. The number of hydrogen-bond donors (Lipinski definition) is 1. The highest BCUT2D eigenvalue weighted by Gasteiger charge is 2.48. The first-order valence-corrected chi connectivity index (χ1v) is 11.5. The third-order valence-electron chi connectivity index (χ3n) is 6.77. The zero-order chi connectivity index (χ0) is 23.3. The maximum atomic E-state index is 12.9. The topological polar surface area (TPSA) is 82.1 Å². The number of methoxy groups -OCH3 is 1. The van der Waals surface area contributed by atoms with Gasteiger partial charge in [-0.15, -0.1) is 0 Å². The van der Waals surface area contributed by atoms with E-state index < -0.39 is 11.6 Å². The maximum absolute atomic E-state index is 12.9. The lowest BCUT2D eigenvalue weighted by Gasteiger charge is -2.44. The summed E-state index contributed by atoms with van der Waals surface area (Å²) in [7, 11) is 1.62. The van der Waals surface area contributed by atoms with Crippen molar-refractivity contribution in [1.29, 1.82) is 0 Å². The molecule has 0 aliphatic carbocycles. The van der Waals surface area contributed by atoms with Crippen molar-refractivity contribution in [3.63, 3.8) is 0 Å². The van der Waals surface area contributed by atoms with Crippen molar-refractivity contribution in [3.8, 4) is 0 Å². The fourth-order valence-electron chi connectivity index (χ4n) is 5.20. The molecule has 0 saturated carbocycles. The van der Waals surface area contributed by atoms with Crippen molar-refractivity contribution in [2.24, 2.45) is 17.8 Å². The number of rotatable bonds is 8. The number of allylic oxidation sites excluding steroid dienone is 3. The van der Waals surface area contributed by atoms with Gasteiger partial charge >= 0.3 is 5.97 Å². The van der Waals surface area contributed by atoms with Gasteiger partial charge in [0, 0.05) is 13.0 Å². The third-order valence-corrected chi connectivity index (χ3v) is 6.77. The molecule has 1 N–H and O–H groups in total. The molecule has 2 aliphatic heterocycles. The summed E-state index contributed by atoms with van der Waals surface area (Å²) < 4.78 is 17.6. The summed E-state index contributed by atoms with van der Waals surface area (Å²) in [5, 5.41) is 9.05. The van der Waals surface area contributed by atoms with Gasteiger partial charge in [0.2, 0.25) is 0 Å². The number of carboxylic acids is 1. The van der Waals surface area contributed by atoms with Crippen molar-refractivity contribution in [2.45, 2.75) is 97.2 Å². The van der Waals surface area contributed by atoms with Gasteiger partial charge in [0.1, 0.15) is 5.60 Å². The van der Waals surface area contributed by atoms with Gasteiger partial charge < -0.3 is 19.3 Å². The zero-order valence-corrected chi connectivity index (χ0v) is 20.1. The predicted octanol–water partition coefficient (Wildman–Crippen LogP) is 4.57. The van der Waals surface area contributed by atoms with Crippen LogP contribution in [0.3, 0.4) is 0 Å². The van der Waals surface area contributed by atoms with E-state index in [0.29, 0.717) is 12.3 Å². The molecular weight excluding hydrogens is 396 g/mol. The molecule has 2 heterocycles. The predicted molar refractivity (Wildman–Crippen MR) is 120 cm³/mol. The quantitative estimate of drug-likeness (QED) is 0.561. The first-order valence-electron chi connectivity index (χ1n) is 11.5. The van der Waals surface area contributed by atoms with Gasteiger partial charge in [0.05, 0.1) is 30.8 Å². The number of Topliss-reactive ketones (excluding diaryl/α,β-unsaturated/α-hetero) is 1. The summed E-state index contributed by atoms with van der Waals surface area (Å²) in [6.07, 6.45) is 7.92. The van der Waals surface area contributed by atoms with Gasteiger partial charge in [-0.3, -0.25) is 9.59 Å². The maximum Gasteiger partial charge on any atom is 0.305 e. The van der Waals surface area contributed by atoms with Crippen molar-refractivity contribution in [3.05, 3.63) is 23.8 Å². The zero-order valence-electron chi connectivity index (χ0n) is 20.1. The molecule has 0 amide bonds. The van der Waals surface area contributed by atoms with Crippen molar-refractivity contribution in [1.82, 2.24) is 0 Å². The first-order chi connectivity index (χ1) is 14.5. The molecule has 8 atom stereocenters. The second kappa shape index (κ2) is 10.9. The van der Waals surface area contributed by atoms with E-state index >= 15 is 0 Å². The minimum absolute atomic E-state index is 0.0523. The molecule has 2 rings (SSSR count). The Balaban J connectivity index is 1.99. The number of ketones is 1. The number of carboxylic acid groups (broad SMARTS) is 1. The largest absolute Gasteiger partial charge is 0.481 e. The Kier molecular flexibility index (Phi) is 9.04. The van der Waals surface area contributed by atoms with Crippen LogP contribution in [-0.2, 0) is 23.8 Å². The Labute approximate surface area is 187 Å². The molecule has 176 valence electrons. The summed E-state index contributed by atoms with van der Waals surface area (Å²) in [4.78, 5) is 23.9. The van der Waals surface area contributed by atoms with E-state index in [-0.39, 0.29) is 48.5 Å². The van der Waals surface area contributed by atoms with Crippen LogP contribution in [0, 0.1) is 17.8 Å². The number of carbonyl (C=O) groups is 2. The van der Waals surface area contributed by atoms with Crippen molar-refractivity contribution in [2.75, 3.05) is 7.11 Å². The van der Waals surface area contributed by atoms with Crippen LogP contribution in [0.4, 0.5) is 0 Å². The van der Waals surface area contributed by atoms with E-state index in [2.05, 4.69) is 19.9 Å². The van der Waals surface area contributed by atoms with E-state index in [0.717, 1.165) is 18.4 Å². The molecule has 2 aliphatic rings. The first kappa shape index (κ1) is 25.8. The molecule has 0 aromatic heterocycles. The smallest absolute Gasteiger partial charge is 0.305 e. The fraction of sp³-hybridized carbons (Fsp3) is 0.760. The summed E-state index contributed by atoms with van der Waals surface area (Å²) in [6, 6.07) is 0. The van der Waals surface area contributed by atoms with Gasteiger partial charge in [0.25, 0.3) is 0 Å². The lowest BCUT2D eigenvalue weighted by atomic mass is 9.78. The number of ether oxygens (including phenoxy) is 3. The molecule has 31 heavy (non-hydrogen) atoms. The van der Waals surface area contributed by atoms with E-state index in [1.165, 1.54) is 0 Å². The SMILES string of the molecule is COC1C(C)OC(C)(CC(C)/C=C/C=C(\C)[C@H]2O[C@@H](CC(=O)O)CC[C@@H]2C)C(=O)C1C. The molecule has 6 nitrogen and oxygen atoms in total. The van der Waals surface area contributed by atoms with Crippen LogP contribution in [0.5, 0.6) is 0 Å². The minimum atomic E-state index is -0.818. The molecule has 0 aromatic carbocycles.